The number of methoxy groups -OCH3 is 1. The molecule has 0 radical (unpaired) electrons. The number of aromatic nitrogens is 3. The maximum absolute atomic E-state index is 11.1. The Morgan fingerprint density at radius 1 is 1.16 bits per heavy atom. The van der Waals surface area contributed by atoms with Crippen LogP contribution < -0.4 is 9.64 Å². The lowest BCUT2D eigenvalue weighted by molar-refractivity contribution is -0.384. The molecule has 2 unspecified atom stereocenters. The fraction of sp³-hybridized carbons (Fsp3) is 0.182. The Labute approximate surface area is 183 Å². The van der Waals surface area contributed by atoms with E-state index < -0.39 is 4.92 Å². The number of thioether (sulfide) groups is 1. The van der Waals surface area contributed by atoms with Gasteiger partial charge >= 0.3 is 0 Å². The molecule has 156 valence electrons. The minimum absolute atomic E-state index is 0.0356. The Balaban J connectivity index is 1.46. The predicted molar refractivity (Wildman–Crippen MR) is 119 cm³/mol. The van der Waals surface area contributed by atoms with Crippen LogP contribution in [0.2, 0.25) is 0 Å². The maximum atomic E-state index is 11.1. The molecule has 1 aliphatic heterocycles. The Morgan fingerprint density at radius 3 is 2.84 bits per heavy atom. The van der Waals surface area contributed by atoms with E-state index in [1.807, 2.05) is 24.0 Å². The Hall–Kier alpha value is -3.59. The molecule has 9 heteroatoms. The summed E-state index contributed by atoms with van der Waals surface area (Å²) < 4.78 is 6.94. The van der Waals surface area contributed by atoms with Crippen molar-refractivity contribution in [2.24, 2.45) is 0 Å². The van der Waals surface area contributed by atoms with Crippen LogP contribution in [0, 0.1) is 10.1 Å². The number of rotatable bonds is 5. The summed E-state index contributed by atoms with van der Waals surface area (Å²) in [5.41, 5.74) is 2.53. The highest BCUT2D eigenvalue weighted by atomic mass is 32.2. The third-order valence-corrected chi connectivity index (χ3v) is 6.66. The van der Waals surface area contributed by atoms with E-state index in [1.54, 1.807) is 10.7 Å². The lowest BCUT2D eigenvalue weighted by atomic mass is 10.0. The highest BCUT2D eigenvalue weighted by molar-refractivity contribution is 8.00. The van der Waals surface area contributed by atoms with Crippen LogP contribution in [0.5, 0.6) is 5.75 Å². The van der Waals surface area contributed by atoms with Gasteiger partial charge in [0.1, 0.15) is 11.4 Å². The fourth-order valence-corrected chi connectivity index (χ4v) is 5.19. The number of hydrogen-bond acceptors (Lipinski definition) is 7. The van der Waals surface area contributed by atoms with E-state index in [0.29, 0.717) is 23.2 Å². The van der Waals surface area contributed by atoms with Crippen molar-refractivity contribution >= 4 is 23.1 Å². The van der Waals surface area contributed by atoms with Crippen molar-refractivity contribution in [3.8, 4) is 11.4 Å². The number of nitro groups is 1. The number of non-ortho nitro benzene ring substituents is 1. The van der Waals surface area contributed by atoms with Crippen LogP contribution in [-0.2, 0) is 6.54 Å². The van der Waals surface area contributed by atoms with Crippen molar-refractivity contribution in [1.82, 2.24) is 15.0 Å². The number of para-hydroxylation sites is 1. The average molecular weight is 433 g/mol. The monoisotopic (exact) mass is 433 g/mol. The molecule has 8 nitrogen and oxygen atoms in total. The topological polar surface area (TPSA) is 86.3 Å². The van der Waals surface area contributed by atoms with E-state index in [9.17, 15) is 10.1 Å². The Morgan fingerprint density at radius 2 is 2.00 bits per heavy atom. The van der Waals surface area contributed by atoms with Gasteiger partial charge in [-0.15, -0.1) is 16.9 Å². The number of fused-ring (bicyclic) bond motifs is 2. The second-order valence-electron chi connectivity index (χ2n) is 7.21. The van der Waals surface area contributed by atoms with Gasteiger partial charge in [0.25, 0.3) is 5.69 Å². The molecule has 2 aromatic carbocycles. The SMILES string of the molecule is COc1cc([N+](=O)[O-])ccc1-n1cc(CN2c3ccccc3SC3C=CC=CC32)nn1. The second-order valence-corrected chi connectivity index (χ2v) is 8.43. The molecule has 3 aromatic rings. The van der Waals surface area contributed by atoms with Crippen LogP contribution in [0.3, 0.4) is 0 Å². The summed E-state index contributed by atoms with van der Waals surface area (Å²) >= 11 is 1.87. The van der Waals surface area contributed by atoms with Gasteiger partial charge < -0.3 is 9.64 Å². The largest absolute Gasteiger partial charge is 0.494 e. The van der Waals surface area contributed by atoms with Gasteiger partial charge in [0, 0.05) is 11.0 Å². The molecule has 5 rings (SSSR count). The third kappa shape index (κ3) is 3.57. The summed E-state index contributed by atoms with van der Waals surface area (Å²) in [6.07, 6.45) is 10.5. The van der Waals surface area contributed by atoms with E-state index in [2.05, 4.69) is 57.7 Å². The fourth-order valence-electron chi connectivity index (χ4n) is 3.89. The number of nitro benzene ring substituents is 1. The molecule has 1 aliphatic carbocycles. The summed E-state index contributed by atoms with van der Waals surface area (Å²) in [5.74, 6) is 0.366. The number of ether oxygens (including phenoxy) is 1. The van der Waals surface area contributed by atoms with Crippen LogP contribution in [0.25, 0.3) is 5.69 Å². The zero-order valence-corrected chi connectivity index (χ0v) is 17.5. The van der Waals surface area contributed by atoms with Gasteiger partial charge in [-0.2, -0.15) is 0 Å². The van der Waals surface area contributed by atoms with Crippen LogP contribution in [-0.4, -0.2) is 38.3 Å². The van der Waals surface area contributed by atoms with Crippen LogP contribution in [0.1, 0.15) is 5.69 Å². The van der Waals surface area contributed by atoms with Gasteiger partial charge in [0.05, 0.1) is 47.8 Å². The number of nitrogens with zero attached hydrogens (tertiary/aromatic N) is 5. The Bertz CT molecular complexity index is 1210. The average Bonchev–Trinajstić information content (AvgIpc) is 3.26. The molecule has 1 aromatic heterocycles. The van der Waals surface area contributed by atoms with Crippen molar-refractivity contribution < 1.29 is 9.66 Å². The highest BCUT2D eigenvalue weighted by Crippen LogP contribution is 2.44. The second kappa shape index (κ2) is 7.92. The van der Waals surface area contributed by atoms with E-state index >= 15 is 0 Å². The van der Waals surface area contributed by atoms with Gasteiger partial charge in [-0.05, 0) is 18.2 Å². The van der Waals surface area contributed by atoms with Crippen molar-refractivity contribution in [1.29, 1.82) is 0 Å². The normalized spacial score (nSPS) is 19.1. The third-order valence-electron chi connectivity index (χ3n) is 5.35. The van der Waals surface area contributed by atoms with Crippen molar-refractivity contribution in [2.45, 2.75) is 22.7 Å². The molecule has 0 spiro atoms. The van der Waals surface area contributed by atoms with Crippen molar-refractivity contribution in [3.63, 3.8) is 0 Å². The van der Waals surface area contributed by atoms with Crippen molar-refractivity contribution in [3.05, 3.63) is 88.8 Å². The minimum Gasteiger partial charge on any atom is -0.494 e. The summed E-state index contributed by atoms with van der Waals surface area (Å²) in [6, 6.07) is 13.1. The molecule has 0 fully saturated rings. The summed E-state index contributed by atoms with van der Waals surface area (Å²) in [6.45, 7) is 0.590. The molecule has 0 bridgehead atoms. The quantitative estimate of drug-likeness (QED) is 0.441. The van der Waals surface area contributed by atoms with Gasteiger partial charge in [-0.25, -0.2) is 4.68 Å². The van der Waals surface area contributed by atoms with Crippen LogP contribution >= 0.6 is 11.8 Å². The zero-order valence-electron chi connectivity index (χ0n) is 16.7. The zero-order chi connectivity index (χ0) is 21.4. The number of anilines is 1. The molecule has 0 saturated heterocycles. The first kappa shape index (κ1) is 19.4. The van der Waals surface area contributed by atoms with E-state index in [0.717, 1.165) is 5.69 Å². The summed E-state index contributed by atoms with van der Waals surface area (Å²) in [7, 11) is 1.48. The van der Waals surface area contributed by atoms with Gasteiger partial charge in [-0.1, -0.05) is 41.7 Å². The first-order valence-electron chi connectivity index (χ1n) is 9.75. The van der Waals surface area contributed by atoms with Gasteiger partial charge in [0.2, 0.25) is 0 Å². The van der Waals surface area contributed by atoms with Crippen LogP contribution in [0.15, 0.2) is 77.9 Å². The lowest BCUT2D eigenvalue weighted by Crippen LogP contribution is -2.43. The summed E-state index contributed by atoms with van der Waals surface area (Å²) in [5, 5.41) is 20.0. The van der Waals surface area contributed by atoms with Crippen LogP contribution in [0.4, 0.5) is 11.4 Å². The standard InChI is InChI=1S/C22H19N5O3S/c1-30-20-12-16(27(28)29)10-11-17(20)26-14-15(23-24-26)13-25-18-6-2-4-8-21(18)31-22-9-5-3-7-19(22)25/h2-12,14,18,21H,13H2,1H3. The molecule has 31 heavy (non-hydrogen) atoms. The minimum atomic E-state index is -0.451. The number of allylic oxidation sites excluding steroid dienone is 2. The first-order chi connectivity index (χ1) is 15.1. The maximum Gasteiger partial charge on any atom is 0.273 e. The molecule has 0 N–H and O–H groups in total. The van der Waals surface area contributed by atoms with E-state index in [1.165, 1.54) is 29.8 Å². The molecular weight excluding hydrogens is 414 g/mol. The van der Waals surface area contributed by atoms with E-state index in [-0.39, 0.29) is 11.7 Å². The van der Waals surface area contributed by atoms with Crippen molar-refractivity contribution in [2.75, 3.05) is 12.0 Å². The number of benzene rings is 2. The number of hydrogen-bond donors (Lipinski definition) is 0. The van der Waals surface area contributed by atoms with Gasteiger partial charge in [-0.3, -0.25) is 10.1 Å². The Kier molecular flexibility index (Phi) is 4.95. The first-order valence-corrected chi connectivity index (χ1v) is 10.6. The molecular formula is C22H19N5O3S. The van der Waals surface area contributed by atoms with E-state index in [4.69, 9.17) is 4.74 Å². The lowest BCUT2D eigenvalue weighted by Gasteiger charge is -2.41. The molecule has 0 amide bonds. The smallest absolute Gasteiger partial charge is 0.273 e. The molecule has 0 saturated carbocycles. The predicted octanol–water partition coefficient (Wildman–Crippen LogP) is 4.16. The summed E-state index contributed by atoms with van der Waals surface area (Å²) in [4.78, 5) is 14.2. The molecule has 2 heterocycles. The molecule has 2 aliphatic rings. The highest BCUT2D eigenvalue weighted by Gasteiger charge is 2.33. The van der Waals surface area contributed by atoms with Gasteiger partial charge in [0.15, 0.2) is 5.75 Å². The molecule has 2 atom stereocenters.